The van der Waals surface area contributed by atoms with Gasteiger partial charge in [-0.3, -0.25) is 4.31 Å². The fourth-order valence-corrected chi connectivity index (χ4v) is 3.62. The highest BCUT2D eigenvalue weighted by Gasteiger charge is 2.31. The van der Waals surface area contributed by atoms with Crippen LogP contribution in [0.1, 0.15) is 23.2 Å². The van der Waals surface area contributed by atoms with Crippen molar-refractivity contribution in [2.75, 3.05) is 24.4 Å². The van der Waals surface area contributed by atoms with Crippen LogP contribution < -0.4 is 4.31 Å². The molecule has 1 saturated heterocycles. The molecular formula is C12H16N2O4S. The van der Waals surface area contributed by atoms with E-state index >= 15 is 0 Å². The molecule has 0 unspecified atom stereocenters. The summed E-state index contributed by atoms with van der Waals surface area (Å²) < 4.78 is 27.2. The third-order valence-corrected chi connectivity index (χ3v) is 5.12. The molecule has 7 heteroatoms. The zero-order chi connectivity index (χ0) is 14.0. The van der Waals surface area contributed by atoms with Crippen LogP contribution in [0.3, 0.4) is 0 Å². The van der Waals surface area contributed by atoms with Gasteiger partial charge in [0.25, 0.3) is 0 Å². The Kier molecular flexibility index (Phi) is 3.77. The van der Waals surface area contributed by atoms with Gasteiger partial charge in [0.05, 0.1) is 11.3 Å². The first kappa shape index (κ1) is 13.8. The van der Waals surface area contributed by atoms with E-state index in [0.717, 1.165) is 17.1 Å². The minimum absolute atomic E-state index is 0.0206. The van der Waals surface area contributed by atoms with Crippen molar-refractivity contribution in [1.29, 1.82) is 0 Å². The molecule has 0 saturated carbocycles. The lowest BCUT2D eigenvalue weighted by Crippen LogP contribution is -2.40. The quantitative estimate of drug-likeness (QED) is 0.900. The van der Waals surface area contributed by atoms with Gasteiger partial charge in [0.2, 0.25) is 0 Å². The average molecular weight is 284 g/mol. The van der Waals surface area contributed by atoms with E-state index in [1.54, 1.807) is 12.1 Å². The molecule has 0 amide bonds. The van der Waals surface area contributed by atoms with E-state index in [1.165, 1.54) is 23.5 Å². The summed E-state index contributed by atoms with van der Waals surface area (Å²) in [7, 11) is -2.26. The third kappa shape index (κ3) is 2.57. The summed E-state index contributed by atoms with van der Waals surface area (Å²) in [5.41, 5.74) is 0.162. The van der Waals surface area contributed by atoms with Gasteiger partial charge in [-0.15, -0.1) is 0 Å². The van der Waals surface area contributed by atoms with Gasteiger partial charge in [-0.25, -0.2) is 4.79 Å². The molecule has 19 heavy (non-hydrogen) atoms. The average Bonchev–Trinajstić information content (AvgIpc) is 2.92. The molecular weight excluding hydrogens is 268 g/mol. The van der Waals surface area contributed by atoms with Crippen LogP contribution >= 0.6 is 0 Å². The molecule has 0 bridgehead atoms. The molecule has 1 N–H and O–H groups in total. The number of hydrogen-bond acceptors (Lipinski definition) is 3. The van der Waals surface area contributed by atoms with E-state index in [4.69, 9.17) is 5.11 Å². The van der Waals surface area contributed by atoms with Crippen molar-refractivity contribution in [2.24, 2.45) is 0 Å². The van der Waals surface area contributed by atoms with E-state index in [0.29, 0.717) is 13.1 Å². The van der Waals surface area contributed by atoms with Crippen LogP contribution in [0.4, 0.5) is 5.69 Å². The maximum Gasteiger partial charge on any atom is 0.337 e. The summed E-state index contributed by atoms with van der Waals surface area (Å²) >= 11 is 0. The predicted octanol–water partition coefficient (Wildman–Crippen LogP) is 1.16. The lowest BCUT2D eigenvalue weighted by Gasteiger charge is -2.26. The van der Waals surface area contributed by atoms with Gasteiger partial charge in [-0.1, -0.05) is 12.1 Å². The molecule has 104 valence electrons. The Balaban J connectivity index is 2.39. The Bertz CT molecular complexity index is 579. The van der Waals surface area contributed by atoms with E-state index < -0.39 is 16.2 Å². The molecule has 1 aromatic rings. The number of anilines is 1. The van der Waals surface area contributed by atoms with Crippen molar-refractivity contribution in [1.82, 2.24) is 4.31 Å². The van der Waals surface area contributed by atoms with Gasteiger partial charge in [-0.05, 0) is 25.0 Å². The topological polar surface area (TPSA) is 77.9 Å². The molecule has 6 nitrogen and oxygen atoms in total. The second-order valence-corrected chi connectivity index (χ2v) is 6.36. The molecule has 1 fully saturated rings. The number of carboxylic acids is 1. The minimum Gasteiger partial charge on any atom is -0.478 e. The van der Waals surface area contributed by atoms with Crippen molar-refractivity contribution in [3.63, 3.8) is 0 Å². The zero-order valence-electron chi connectivity index (χ0n) is 10.6. The van der Waals surface area contributed by atoms with E-state index in [-0.39, 0.29) is 11.3 Å². The largest absolute Gasteiger partial charge is 0.478 e. The van der Waals surface area contributed by atoms with E-state index in [9.17, 15) is 13.2 Å². The smallest absolute Gasteiger partial charge is 0.337 e. The lowest BCUT2D eigenvalue weighted by atomic mass is 10.2. The monoisotopic (exact) mass is 284 g/mol. The molecule has 1 aromatic carbocycles. The normalized spacial score (nSPS) is 16.5. The van der Waals surface area contributed by atoms with E-state index in [1.807, 2.05) is 0 Å². The van der Waals surface area contributed by atoms with Crippen molar-refractivity contribution in [3.8, 4) is 0 Å². The maximum absolute atomic E-state index is 12.4. The molecule has 1 heterocycles. The first-order valence-corrected chi connectivity index (χ1v) is 7.40. The summed E-state index contributed by atoms with van der Waals surface area (Å²) in [5, 5.41) is 9.11. The Hall–Kier alpha value is -1.60. The van der Waals surface area contributed by atoms with Crippen molar-refractivity contribution in [2.45, 2.75) is 12.8 Å². The third-order valence-electron chi connectivity index (χ3n) is 3.21. The molecule has 0 radical (unpaired) electrons. The highest BCUT2D eigenvalue weighted by atomic mass is 32.2. The van der Waals surface area contributed by atoms with Crippen LogP contribution in [-0.2, 0) is 10.2 Å². The number of nitrogens with zero attached hydrogens (tertiary/aromatic N) is 2. The summed E-state index contributed by atoms with van der Waals surface area (Å²) in [5.74, 6) is -1.14. The number of benzene rings is 1. The highest BCUT2D eigenvalue weighted by Crippen LogP contribution is 2.25. The summed E-state index contributed by atoms with van der Waals surface area (Å²) in [6, 6.07) is 6.09. The van der Waals surface area contributed by atoms with Crippen LogP contribution in [-0.4, -0.2) is 43.9 Å². The Morgan fingerprint density at radius 2 is 1.84 bits per heavy atom. The number of hydrogen-bond donors (Lipinski definition) is 1. The van der Waals surface area contributed by atoms with Gasteiger partial charge in [-0.2, -0.15) is 12.7 Å². The summed E-state index contributed by atoms with van der Waals surface area (Å²) in [6.45, 7) is 0.976. The number of carboxylic acid groups (broad SMARTS) is 1. The molecule has 0 aromatic heterocycles. The summed E-state index contributed by atoms with van der Waals surface area (Å²) in [6.07, 6.45) is 1.68. The van der Waals surface area contributed by atoms with Gasteiger partial charge in [0.15, 0.2) is 0 Å². The lowest BCUT2D eigenvalue weighted by molar-refractivity contribution is 0.0698. The van der Waals surface area contributed by atoms with Crippen molar-refractivity contribution >= 4 is 21.9 Å². The molecule has 2 rings (SSSR count). The van der Waals surface area contributed by atoms with Crippen molar-refractivity contribution < 1.29 is 18.3 Å². The fraction of sp³-hybridized carbons (Fsp3) is 0.417. The van der Waals surface area contributed by atoms with Crippen LogP contribution in [0.25, 0.3) is 0 Å². The van der Waals surface area contributed by atoms with Crippen molar-refractivity contribution in [3.05, 3.63) is 29.8 Å². The van der Waals surface area contributed by atoms with Gasteiger partial charge in [0, 0.05) is 20.1 Å². The first-order chi connectivity index (χ1) is 8.94. The molecule has 0 aliphatic carbocycles. The predicted molar refractivity (Wildman–Crippen MR) is 71.5 cm³/mol. The van der Waals surface area contributed by atoms with Crippen LogP contribution in [0.15, 0.2) is 24.3 Å². The van der Waals surface area contributed by atoms with E-state index in [2.05, 4.69) is 0 Å². The SMILES string of the molecule is CN(c1ccccc1C(=O)O)S(=O)(=O)N1CCCC1. The van der Waals surface area contributed by atoms with Gasteiger partial charge < -0.3 is 5.11 Å². The maximum atomic E-state index is 12.4. The highest BCUT2D eigenvalue weighted by molar-refractivity contribution is 7.90. The Labute approximate surface area is 112 Å². The standard InChI is InChI=1S/C12H16N2O4S/c1-13(19(17,18)14-8-4-5-9-14)11-7-3-2-6-10(11)12(15)16/h2-3,6-7H,4-5,8-9H2,1H3,(H,15,16). The zero-order valence-corrected chi connectivity index (χ0v) is 11.4. The summed E-state index contributed by atoms with van der Waals surface area (Å²) in [4.78, 5) is 11.1. The van der Waals surface area contributed by atoms with Gasteiger partial charge >= 0.3 is 16.2 Å². The number of aromatic carboxylic acids is 1. The Morgan fingerprint density at radius 3 is 2.42 bits per heavy atom. The second kappa shape index (κ2) is 5.18. The van der Waals surface area contributed by atoms with Crippen LogP contribution in [0, 0.1) is 0 Å². The first-order valence-electron chi connectivity index (χ1n) is 6.01. The number of para-hydroxylation sites is 1. The number of rotatable bonds is 4. The fourth-order valence-electron chi connectivity index (χ4n) is 2.15. The molecule has 1 aliphatic heterocycles. The van der Waals surface area contributed by atoms with Gasteiger partial charge in [0.1, 0.15) is 0 Å². The second-order valence-electron chi connectivity index (χ2n) is 4.40. The minimum atomic E-state index is -3.64. The van der Waals surface area contributed by atoms with Crippen LogP contribution in [0.5, 0.6) is 0 Å². The number of carbonyl (C=O) groups is 1. The molecule has 1 aliphatic rings. The Morgan fingerprint density at radius 1 is 1.26 bits per heavy atom. The molecule has 0 spiro atoms. The van der Waals surface area contributed by atoms with Crippen LogP contribution in [0.2, 0.25) is 0 Å². The molecule has 0 atom stereocenters.